The summed E-state index contributed by atoms with van der Waals surface area (Å²) in [4.78, 5) is 13.5. The minimum Gasteiger partial charge on any atom is -0.392 e. The minimum atomic E-state index is -0.365. The number of anilines is 3. The van der Waals surface area contributed by atoms with Gasteiger partial charge in [-0.15, -0.1) is 0 Å². The molecule has 3 heterocycles. The Kier molecular flexibility index (Phi) is 3.57. The third kappa shape index (κ3) is 2.42. The zero-order chi connectivity index (χ0) is 16.0. The van der Waals surface area contributed by atoms with Gasteiger partial charge in [0.1, 0.15) is 11.6 Å². The van der Waals surface area contributed by atoms with Gasteiger partial charge in [0.05, 0.1) is 12.2 Å². The van der Waals surface area contributed by atoms with Crippen LogP contribution in [0.4, 0.5) is 17.6 Å². The third-order valence-electron chi connectivity index (χ3n) is 5.90. The average Bonchev–Trinajstić information content (AvgIpc) is 3.09. The number of piperidine rings is 1. The summed E-state index contributed by atoms with van der Waals surface area (Å²) in [6, 6.07) is 1.82. The SMILES string of the molecule is Nc1cc(N2CCC3(CC2)[C@H](O)C[C@@H]3O)nc(N2CCCC2)n1. The van der Waals surface area contributed by atoms with Crippen molar-refractivity contribution in [2.45, 2.75) is 44.3 Å². The van der Waals surface area contributed by atoms with E-state index in [1.165, 1.54) is 12.8 Å². The van der Waals surface area contributed by atoms with Crippen molar-refractivity contribution in [2.24, 2.45) is 5.41 Å². The number of nitrogen functional groups attached to an aromatic ring is 1. The van der Waals surface area contributed by atoms with Crippen LogP contribution in [0.5, 0.6) is 0 Å². The van der Waals surface area contributed by atoms with Gasteiger partial charge in [0, 0.05) is 44.1 Å². The molecule has 1 aromatic heterocycles. The first-order valence-electron chi connectivity index (χ1n) is 8.59. The Labute approximate surface area is 136 Å². The Morgan fingerprint density at radius 3 is 2.26 bits per heavy atom. The molecule has 1 saturated carbocycles. The summed E-state index contributed by atoms with van der Waals surface area (Å²) in [5.74, 6) is 2.08. The molecule has 126 valence electrons. The fourth-order valence-electron chi connectivity index (χ4n) is 4.22. The largest absolute Gasteiger partial charge is 0.392 e. The lowest BCUT2D eigenvalue weighted by atomic mass is 9.58. The molecule has 1 aliphatic carbocycles. The Balaban J connectivity index is 1.50. The molecule has 0 bridgehead atoms. The van der Waals surface area contributed by atoms with Crippen molar-refractivity contribution in [3.05, 3.63) is 6.07 Å². The van der Waals surface area contributed by atoms with Gasteiger partial charge in [-0.25, -0.2) is 0 Å². The minimum absolute atomic E-state index is 0.299. The third-order valence-corrected chi connectivity index (χ3v) is 5.90. The number of hydrogen-bond donors (Lipinski definition) is 3. The van der Waals surface area contributed by atoms with Crippen LogP contribution in [-0.2, 0) is 0 Å². The first kappa shape index (κ1) is 15.0. The number of hydrogen-bond acceptors (Lipinski definition) is 7. The van der Waals surface area contributed by atoms with Crippen LogP contribution < -0.4 is 15.5 Å². The lowest BCUT2D eigenvalue weighted by molar-refractivity contribution is -0.177. The van der Waals surface area contributed by atoms with Crippen molar-refractivity contribution >= 4 is 17.6 Å². The zero-order valence-corrected chi connectivity index (χ0v) is 13.4. The second kappa shape index (κ2) is 5.49. The fraction of sp³-hybridized carbons (Fsp3) is 0.750. The van der Waals surface area contributed by atoms with Crippen LogP contribution in [0.1, 0.15) is 32.1 Å². The summed E-state index contributed by atoms with van der Waals surface area (Å²) in [5, 5.41) is 20.1. The molecule has 0 aromatic carbocycles. The van der Waals surface area contributed by atoms with E-state index in [2.05, 4.69) is 14.8 Å². The van der Waals surface area contributed by atoms with Gasteiger partial charge in [-0.2, -0.15) is 9.97 Å². The molecule has 0 unspecified atom stereocenters. The molecule has 7 heteroatoms. The summed E-state index contributed by atoms with van der Waals surface area (Å²) in [5.41, 5.74) is 5.69. The summed E-state index contributed by atoms with van der Waals surface area (Å²) in [6.07, 6.45) is 3.71. The van der Waals surface area contributed by atoms with Gasteiger partial charge in [0.15, 0.2) is 0 Å². The summed E-state index contributed by atoms with van der Waals surface area (Å²) < 4.78 is 0. The number of nitrogens with two attached hydrogens (primary N) is 1. The molecule has 3 fully saturated rings. The molecular weight excluding hydrogens is 294 g/mol. The monoisotopic (exact) mass is 319 g/mol. The molecule has 1 aromatic rings. The normalized spacial score (nSPS) is 29.8. The summed E-state index contributed by atoms with van der Waals surface area (Å²) in [6.45, 7) is 3.54. The van der Waals surface area contributed by atoms with Gasteiger partial charge < -0.3 is 25.7 Å². The van der Waals surface area contributed by atoms with Gasteiger partial charge in [-0.05, 0) is 25.7 Å². The molecule has 3 aliphatic rings. The maximum absolute atomic E-state index is 10.1. The molecule has 4 rings (SSSR count). The molecule has 2 aliphatic heterocycles. The van der Waals surface area contributed by atoms with E-state index in [1.54, 1.807) is 0 Å². The van der Waals surface area contributed by atoms with E-state index in [-0.39, 0.29) is 17.6 Å². The highest BCUT2D eigenvalue weighted by Gasteiger charge is 2.54. The smallest absolute Gasteiger partial charge is 0.229 e. The Morgan fingerprint density at radius 2 is 1.65 bits per heavy atom. The van der Waals surface area contributed by atoms with E-state index in [0.29, 0.717) is 12.2 Å². The zero-order valence-electron chi connectivity index (χ0n) is 13.4. The van der Waals surface area contributed by atoms with Crippen molar-refractivity contribution in [3.63, 3.8) is 0 Å². The van der Waals surface area contributed by atoms with Gasteiger partial charge in [0.2, 0.25) is 5.95 Å². The highest BCUT2D eigenvalue weighted by Crippen LogP contribution is 2.49. The standard InChI is InChI=1S/C16H25N5O2/c17-13-10-14(19-15(18-13)21-5-1-2-6-21)20-7-3-16(4-8-20)11(22)9-12(16)23/h10-12,22-23H,1-9H2,(H2,17,18,19)/t11-,12+. The predicted octanol–water partition coefficient (Wildman–Crippen LogP) is 0.371. The molecular formula is C16H25N5O2. The first-order chi connectivity index (χ1) is 11.1. The van der Waals surface area contributed by atoms with Gasteiger partial charge in [-0.1, -0.05) is 0 Å². The molecule has 4 N–H and O–H groups in total. The Morgan fingerprint density at radius 1 is 1.00 bits per heavy atom. The number of aliphatic hydroxyl groups is 2. The van der Waals surface area contributed by atoms with E-state index >= 15 is 0 Å². The van der Waals surface area contributed by atoms with Crippen molar-refractivity contribution < 1.29 is 10.2 Å². The van der Waals surface area contributed by atoms with E-state index in [4.69, 9.17) is 10.7 Å². The molecule has 23 heavy (non-hydrogen) atoms. The van der Waals surface area contributed by atoms with Crippen LogP contribution in [0.25, 0.3) is 0 Å². The van der Waals surface area contributed by atoms with Crippen molar-refractivity contribution in [3.8, 4) is 0 Å². The van der Waals surface area contributed by atoms with Crippen LogP contribution in [0.15, 0.2) is 6.07 Å². The number of aromatic nitrogens is 2. The van der Waals surface area contributed by atoms with E-state index in [9.17, 15) is 10.2 Å². The summed E-state index contributed by atoms with van der Waals surface area (Å²) >= 11 is 0. The second-order valence-corrected chi connectivity index (χ2v) is 7.13. The molecule has 2 atom stereocenters. The van der Waals surface area contributed by atoms with E-state index in [1.807, 2.05) is 6.07 Å². The second-order valence-electron chi connectivity index (χ2n) is 7.13. The highest BCUT2D eigenvalue weighted by atomic mass is 16.3. The summed E-state index contributed by atoms with van der Waals surface area (Å²) in [7, 11) is 0. The highest BCUT2D eigenvalue weighted by molar-refractivity contribution is 5.53. The van der Waals surface area contributed by atoms with Crippen LogP contribution in [0, 0.1) is 5.41 Å². The molecule has 0 radical (unpaired) electrons. The predicted molar refractivity (Wildman–Crippen MR) is 88.4 cm³/mol. The van der Waals surface area contributed by atoms with Gasteiger partial charge in [-0.3, -0.25) is 0 Å². The van der Waals surface area contributed by atoms with Crippen molar-refractivity contribution in [1.29, 1.82) is 0 Å². The first-order valence-corrected chi connectivity index (χ1v) is 8.59. The van der Waals surface area contributed by atoms with Crippen molar-refractivity contribution in [2.75, 3.05) is 41.7 Å². The van der Waals surface area contributed by atoms with Crippen LogP contribution >= 0.6 is 0 Å². The quantitative estimate of drug-likeness (QED) is 0.724. The lowest BCUT2D eigenvalue weighted by Crippen LogP contribution is -2.61. The molecule has 2 saturated heterocycles. The number of aliphatic hydroxyl groups excluding tert-OH is 2. The van der Waals surface area contributed by atoms with Crippen LogP contribution in [-0.4, -0.2) is 58.6 Å². The van der Waals surface area contributed by atoms with E-state index < -0.39 is 0 Å². The Bertz CT molecular complexity index is 572. The van der Waals surface area contributed by atoms with Gasteiger partial charge >= 0.3 is 0 Å². The topological polar surface area (TPSA) is 98.7 Å². The number of nitrogens with zero attached hydrogens (tertiary/aromatic N) is 4. The maximum atomic E-state index is 10.1. The van der Waals surface area contributed by atoms with Crippen molar-refractivity contribution in [1.82, 2.24) is 9.97 Å². The molecule has 0 amide bonds. The van der Waals surface area contributed by atoms with E-state index in [0.717, 1.165) is 50.8 Å². The fourth-order valence-corrected chi connectivity index (χ4v) is 4.22. The number of rotatable bonds is 2. The lowest BCUT2D eigenvalue weighted by Gasteiger charge is -2.55. The maximum Gasteiger partial charge on any atom is 0.229 e. The average molecular weight is 319 g/mol. The van der Waals surface area contributed by atoms with Gasteiger partial charge in [0.25, 0.3) is 0 Å². The van der Waals surface area contributed by atoms with Crippen LogP contribution in [0.3, 0.4) is 0 Å². The molecule has 1 spiro atoms. The van der Waals surface area contributed by atoms with Crippen LogP contribution in [0.2, 0.25) is 0 Å². The molecule has 7 nitrogen and oxygen atoms in total. The Hall–Kier alpha value is -1.60.